The second-order valence-electron chi connectivity index (χ2n) is 9.20. The third kappa shape index (κ3) is 9.53. The van der Waals surface area contributed by atoms with Crippen LogP contribution in [-0.4, -0.2) is 54.5 Å². The van der Waals surface area contributed by atoms with Crippen LogP contribution in [-0.2, 0) is 16.0 Å². The molecule has 0 aliphatic carbocycles. The van der Waals surface area contributed by atoms with Crippen molar-refractivity contribution in [1.29, 1.82) is 0 Å². The molecule has 2 aromatic carbocycles. The Morgan fingerprint density at radius 2 is 1.53 bits per heavy atom. The van der Waals surface area contributed by atoms with Crippen molar-refractivity contribution in [3.05, 3.63) is 59.7 Å². The average Bonchev–Trinajstić information content (AvgIpc) is 2.87. The Morgan fingerprint density at radius 3 is 2.06 bits per heavy atom. The van der Waals surface area contributed by atoms with Crippen molar-refractivity contribution in [1.82, 2.24) is 4.90 Å². The molecule has 0 saturated heterocycles. The summed E-state index contributed by atoms with van der Waals surface area (Å²) in [7, 11) is 0. The molecular formula is C29H41NO6. The van der Waals surface area contributed by atoms with E-state index in [2.05, 4.69) is 27.7 Å². The van der Waals surface area contributed by atoms with Crippen molar-refractivity contribution in [3.63, 3.8) is 0 Å². The van der Waals surface area contributed by atoms with Gasteiger partial charge in [0, 0.05) is 19.6 Å². The van der Waals surface area contributed by atoms with Crippen LogP contribution in [0, 0.1) is 5.92 Å². The van der Waals surface area contributed by atoms with Crippen LogP contribution in [0.1, 0.15) is 64.5 Å². The fourth-order valence-electron chi connectivity index (χ4n) is 3.83. The molecule has 0 radical (unpaired) electrons. The monoisotopic (exact) mass is 499 g/mol. The van der Waals surface area contributed by atoms with Crippen molar-refractivity contribution >= 4 is 12.1 Å². The van der Waals surface area contributed by atoms with Crippen molar-refractivity contribution in [2.75, 3.05) is 26.3 Å². The number of benzene rings is 2. The first-order valence-corrected chi connectivity index (χ1v) is 12.9. The second kappa shape index (κ2) is 15.1. The maximum atomic E-state index is 13.0. The first kappa shape index (κ1) is 29.2. The van der Waals surface area contributed by atoms with Gasteiger partial charge in [-0.2, -0.15) is 0 Å². The topological polar surface area (TPSA) is 85.3 Å². The number of hydrogen-bond acceptors (Lipinski definition) is 5. The highest BCUT2D eigenvalue weighted by Crippen LogP contribution is 2.20. The lowest BCUT2D eigenvalue weighted by molar-refractivity contribution is -0.149. The molecule has 198 valence electrons. The highest BCUT2D eigenvalue weighted by Gasteiger charge is 2.20. The first-order chi connectivity index (χ1) is 17.3. The van der Waals surface area contributed by atoms with Crippen LogP contribution >= 0.6 is 0 Å². The van der Waals surface area contributed by atoms with E-state index in [1.54, 1.807) is 24.0 Å². The minimum absolute atomic E-state index is 0.288. The lowest BCUT2D eigenvalue weighted by Gasteiger charge is -2.26. The van der Waals surface area contributed by atoms with Crippen LogP contribution in [0.3, 0.4) is 0 Å². The summed E-state index contributed by atoms with van der Waals surface area (Å²) in [6.07, 6.45) is 0.994. The zero-order valence-corrected chi connectivity index (χ0v) is 22.2. The molecule has 1 atom stereocenters. The van der Waals surface area contributed by atoms with Gasteiger partial charge in [-0.1, -0.05) is 64.8 Å². The predicted octanol–water partition coefficient (Wildman–Crippen LogP) is 6.16. The number of nitrogens with zero attached hydrogens (tertiary/aromatic N) is 1. The predicted molar refractivity (Wildman–Crippen MR) is 141 cm³/mol. The van der Waals surface area contributed by atoms with Crippen LogP contribution in [0.25, 0.3) is 0 Å². The number of ether oxygens (including phenoxy) is 3. The second-order valence-corrected chi connectivity index (χ2v) is 9.20. The average molecular weight is 500 g/mol. The SMILES string of the molecule is CCOC(Cc1ccc(OCCN(CC(CC)CC)C(=O)Oc2ccc(C(C)C)cc2)cc1)C(=O)O. The van der Waals surface area contributed by atoms with Gasteiger partial charge in [-0.3, -0.25) is 0 Å². The molecule has 7 nitrogen and oxygen atoms in total. The fourth-order valence-corrected chi connectivity index (χ4v) is 3.83. The number of carbonyl (C=O) groups excluding carboxylic acids is 1. The molecule has 2 aromatic rings. The fraction of sp³-hybridized carbons (Fsp3) is 0.517. The van der Waals surface area contributed by atoms with Gasteiger partial charge < -0.3 is 24.2 Å². The molecule has 1 unspecified atom stereocenters. The van der Waals surface area contributed by atoms with Crippen LogP contribution in [0.5, 0.6) is 11.5 Å². The number of carboxylic acid groups (broad SMARTS) is 1. The van der Waals surface area contributed by atoms with Gasteiger partial charge in [0.05, 0.1) is 6.54 Å². The van der Waals surface area contributed by atoms with Gasteiger partial charge in [0.1, 0.15) is 18.1 Å². The van der Waals surface area contributed by atoms with Crippen molar-refractivity contribution in [3.8, 4) is 11.5 Å². The zero-order valence-electron chi connectivity index (χ0n) is 22.2. The van der Waals surface area contributed by atoms with Gasteiger partial charge in [-0.05, 0) is 54.2 Å². The van der Waals surface area contributed by atoms with E-state index in [-0.39, 0.29) is 12.5 Å². The Labute approximate surface area is 215 Å². The molecule has 0 bridgehead atoms. The normalized spacial score (nSPS) is 12.0. The largest absolute Gasteiger partial charge is 0.492 e. The van der Waals surface area contributed by atoms with Gasteiger partial charge >= 0.3 is 12.1 Å². The van der Waals surface area contributed by atoms with Gasteiger partial charge in [0.2, 0.25) is 0 Å². The molecular weight excluding hydrogens is 458 g/mol. The van der Waals surface area contributed by atoms with Gasteiger partial charge in [-0.15, -0.1) is 0 Å². The molecule has 0 spiro atoms. The molecule has 0 heterocycles. The van der Waals surface area contributed by atoms with Crippen LogP contribution in [0.2, 0.25) is 0 Å². The van der Waals surface area contributed by atoms with E-state index in [1.807, 2.05) is 36.4 Å². The molecule has 2 rings (SSSR count). The minimum atomic E-state index is -0.975. The summed E-state index contributed by atoms with van der Waals surface area (Å²) in [6.45, 7) is 11.9. The molecule has 1 N–H and O–H groups in total. The van der Waals surface area contributed by atoms with Gasteiger partial charge in [-0.25, -0.2) is 9.59 Å². The minimum Gasteiger partial charge on any atom is -0.492 e. The highest BCUT2D eigenvalue weighted by atomic mass is 16.6. The summed E-state index contributed by atoms with van der Waals surface area (Å²) in [5.41, 5.74) is 2.05. The first-order valence-electron chi connectivity index (χ1n) is 12.9. The van der Waals surface area contributed by atoms with E-state index in [0.717, 1.165) is 18.4 Å². The Kier molecular flexibility index (Phi) is 12.3. The summed E-state index contributed by atoms with van der Waals surface area (Å²) >= 11 is 0. The number of carboxylic acids is 1. The van der Waals surface area contributed by atoms with E-state index in [9.17, 15) is 14.7 Å². The van der Waals surface area contributed by atoms with E-state index in [4.69, 9.17) is 14.2 Å². The summed E-state index contributed by atoms with van der Waals surface area (Å²) in [5, 5.41) is 9.27. The molecule has 0 aliphatic rings. The van der Waals surface area contributed by atoms with E-state index >= 15 is 0 Å². The molecule has 0 aromatic heterocycles. The van der Waals surface area contributed by atoms with Crippen LogP contribution in [0.15, 0.2) is 48.5 Å². The van der Waals surface area contributed by atoms with Crippen LogP contribution in [0.4, 0.5) is 4.79 Å². The smallest absolute Gasteiger partial charge is 0.415 e. The number of amides is 1. The molecule has 36 heavy (non-hydrogen) atoms. The van der Waals surface area contributed by atoms with E-state index in [1.165, 1.54) is 5.56 Å². The molecule has 0 aliphatic heterocycles. The van der Waals surface area contributed by atoms with E-state index < -0.39 is 12.1 Å². The quantitative estimate of drug-likeness (QED) is 0.316. The third-order valence-corrected chi connectivity index (χ3v) is 6.26. The Balaban J connectivity index is 1.97. The lowest BCUT2D eigenvalue weighted by atomic mass is 10.0. The number of carbonyl (C=O) groups is 2. The molecule has 0 saturated carbocycles. The highest BCUT2D eigenvalue weighted by molar-refractivity contribution is 5.72. The molecule has 0 fully saturated rings. The third-order valence-electron chi connectivity index (χ3n) is 6.26. The zero-order chi connectivity index (χ0) is 26.5. The molecule has 7 heteroatoms. The summed E-state index contributed by atoms with van der Waals surface area (Å²) in [6, 6.07) is 14.9. The van der Waals surface area contributed by atoms with Gasteiger partial charge in [0.15, 0.2) is 6.10 Å². The number of rotatable bonds is 15. The Hall–Kier alpha value is -3.06. The van der Waals surface area contributed by atoms with E-state index in [0.29, 0.717) is 49.6 Å². The van der Waals surface area contributed by atoms with Crippen molar-refractivity contribution in [2.24, 2.45) is 5.92 Å². The summed E-state index contributed by atoms with van der Waals surface area (Å²) in [5.74, 6) is 1.00. The van der Waals surface area contributed by atoms with Gasteiger partial charge in [0.25, 0.3) is 0 Å². The maximum absolute atomic E-state index is 13.0. The summed E-state index contributed by atoms with van der Waals surface area (Å²) in [4.78, 5) is 26.0. The van der Waals surface area contributed by atoms with Crippen LogP contribution < -0.4 is 9.47 Å². The standard InChI is InChI=1S/C29H41NO6/c1-6-22(7-2)20-30(29(33)36-26-15-11-24(12-16-26)21(4)5)17-18-35-25-13-9-23(10-14-25)19-27(28(31)32)34-8-3/h9-16,21-22,27H,6-8,17-20H2,1-5H3,(H,31,32). The summed E-state index contributed by atoms with van der Waals surface area (Å²) < 4.78 is 16.8. The lowest BCUT2D eigenvalue weighted by Crippen LogP contribution is -2.40. The van der Waals surface area contributed by atoms with Crippen molar-refractivity contribution in [2.45, 2.75) is 65.9 Å². The number of hydrogen-bond donors (Lipinski definition) is 1. The molecule has 1 amide bonds. The Morgan fingerprint density at radius 1 is 0.917 bits per heavy atom. The Bertz CT molecular complexity index is 922. The number of aliphatic carboxylic acids is 1. The maximum Gasteiger partial charge on any atom is 0.415 e. The van der Waals surface area contributed by atoms with Crippen molar-refractivity contribution < 1.29 is 28.9 Å².